The van der Waals surface area contributed by atoms with Crippen LogP contribution in [0.25, 0.3) is 0 Å². The maximum atomic E-state index is 11.0. The Hall–Kier alpha value is 0.440. The summed E-state index contributed by atoms with van der Waals surface area (Å²) in [4.78, 5) is 11.0. The zero-order valence-corrected chi connectivity index (χ0v) is 17.0. The van der Waals surface area contributed by atoms with Crippen LogP contribution in [0.4, 0.5) is 0 Å². The van der Waals surface area contributed by atoms with E-state index in [-0.39, 0.29) is 43.6 Å². The molecule has 0 aromatic carbocycles. The molecule has 28 heavy (non-hydrogen) atoms. The molecule has 5 aliphatic rings. The Bertz CT molecular complexity index is 416. The van der Waals surface area contributed by atoms with Crippen molar-refractivity contribution in [1.82, 2.24) is 10.6 Å². The molecule has 5 fully saturated rings. The molecule has 4 atom stereocenters. The van der Waals surface area contributed by atoms with Gasteiger partial charge in [-0.2, -0.15) is 0 Å². The average Bonchev–Trinajstić information content (AvgIpc) is 3.39. The Morgan fingerprint density at radius 3 is 2.11 bits per heavy atom. The van der Waals surface area contributed by atoms with E-state index in [4.69, 9.17) is 14.2 Å². The molecule has 0 unspecified atom stereocenters. The third-order valence-corrected chi connectivity index (χ3v) is 5.80. The van der Waals surface area contributed by atoms with Crippen molar-refractivity contribution in [3.05, 3.63) is 0 Å². The van der Waals surface area contributed by atoms with Crippen LogP contribution in [0.3, 0.4) is 0 Å². The van der Waals surface area contributed by atoms with Gasteiger partial charge in [0, 0.05) is 32.3 Å². The van der Waals surface area contributed by atoms with Gasteiger partial charge in [0.05, 0.1) is 24.9 Å². The molecule has 0 aromatic heterocycles. The van der Waals surface area contributed by atoms with E-state index in [1.165, 1.54) is 44.9 Å². The molecule has 0 aromatic rings. The van der Waals surface area contributed by atoms with Crippen LogP contribution in [0, 0.1) is 0 Å². The first-order valence-corrected chi connectivity index (χ1v) is 10.7. The van der Waals surface area contributed by atoms with Crippen molar-refractivity contribution in [2.45, 2.75) is 88.5 Å². The summed E-state index contributed by atoms with van der Waals surface area (Å²) in [6.45, 7) is 4.72. The number of ether oxygens (including phenoxy) is 3. The summed E-state index contributed by atoms with van der Waals surface area (Å²) in [6.07, 6.45) is 12.5. The molecule has 1 amide bonds. The van der Waals surface area contributed by atoms with Gasteiger partial charge in [-0.05, 0) is 64.3 Å². The molecule has 2 N–H and O–H groups in total. The van der Waals surface area contributed by atoms with Crippen LogP contribution < -0.4 is 29.5 Å². The van der Waals surface area contributed by atoms with Gasteiger partial charge in [-0.25, -0.2) is 0 Å². The summed E-state index contributed by atoms with van der Waals surface area (Å²) in [7, 11) is 0. The summed E-state index contributed by atoms with van der Waals surface area (Å²) in [5.74, 6) is 0.152. The van der Waals surface area contributed by atoms with Crippen LogP contribution in [-0.2, 0) is 19.0 Å². The SMILES string of the molecule is C1CCOC1.C1CN[C@H]2CCC[C@@H]2OC1.O=C1CCO[C@H]2CCC[C@@H]2N1.[AlH3].[H-].[Li+]. The number of carbonyl (C=O) groups is 1. The molecule has 3 heterocycles. The third kappa shape index (κ3) is 9.07. The quantitative estimate of drug-likeness (QED) is 0.460. The fraction of sp³-hybridized carbons (Fsp3) is 0.950. The van der Waals surface area contributed by atoms with E-state index >= 15 is 0 Å². The molecule has 2 saturated carbocycles. The molecule has 0 radical (unpaired) electrons. The number of nitrogens with one attached hydrogen (secondary N) is 2. The fourth-order valence-corrected chi connectivity index (χ4v) is 4.34. The molecule has 3 saturated heterocycles. The second-order valence-electron chi connectivity index (χ2n) is 7.84. The monoisotopic (exact) mass is 406 g/mol. The third-order valence-electron chi connectivity index (χ3n) is 5.80. The first-order valence-electron chi connectivity index (χ1n) is 10.7. The molecule has 5 rings (SSSR count). The van der Waals surface area contributed by atoms with Gasteiger partial charge in [-0.1, -0.05) is 0 Å². The van der Waals surface area contributed by atoms with Crippen molar-refractivity contribution in [1.29, 1.82) is 0 Å². The Balaban J connectivity index is 0.000000407. The van der Waals surface area contributed by atoms with Crippen LogP contribution in [0.15, 0.2) is 0 Å². The van der Waals surface area contributed by atoms with Crippen LogP contribution in [-0.4, -0.2) is 80.5 Å². The molecule has 0 bridgehead atoms. The van der Waals surface area contributed by atoms with E-state index in [1.54, 1.807) is 0 Å². The first kappa shape index (κ1) is 26.5. The molecule has 3 aliphatic heterocycles. The topological polar surface area (TPSA) is 68.8 Å². The average molecular weight is 406 g/mol. The standard InChI is InChI=1S/C8H13NO2.C8H15NO.C4H8O.Al.Li.4H/c10-8-4-5-11-7-3-1-2-6(7)9-8;1-3-7-8(4-1)10-6-2-5-9-7;1-2-4-5-3-1;;;;;;/h6-7H,1-5H2,(H,9,10);7-9H,1-6H2;1-4H2;;;;;;/q;;;;+1;;;;-1/t6-,7-;7-,8-;;;;;;;/m00......./s1. The second-order valence-corrected chi connectivity index (χ2v) is 7.84. The van der Waals surface area contributed by atoms with Crippen molar-refractivity contribution < 1.29 is 39.3 Å². The van der Waals surface area contributed by atoms with Crippen LogP contribution in [0.1, 0.15) is 65.6 Å². The Morgan fingerprint density at radius 2 is 1.43 bits per heavy atom. The summed E-state index contributed by atoms with van der Waals surface area (Å²) < 4.78 is 16.1. The zero-order valence-electron chi connectivity index (χ0n) is 18.0. The van der Waals surface area contributed by atoms with Gasteiger partial charge in [0.2, 0.25) is 5.91 Å². The summed E-state index contributed by atoms with van der Waals surface area (Å²) in [6, 6.07) is 0.993. The van der Waals surface area contributed by atoms with Gasteiger partial charge in [0.1, 0.15) is 0 Å². The molecule has 6 nitrogen and oxygen atoms in total. The van der Waals surface area contributed by atoms with Crippen molar-refractivity contribution >= 4 is 23.3 Å². The van der Waals surface area contributed by atoms with E-state index < -0.39 is 0 Å². The predicted molar refractivity (Wildman–Crippen MR) is 111 cm³/mol. The van der Waals surface area contributed by atoms with Gasteiger partial charge < -0.3 is 26.3 Å². The Labute approximate surface area is 194 Å². The first-order chi connectivity index (χ1) is 12.8. The number of carbonyl (C=O) groups excluding carboxylic acids is 1. The van der Waals surface area contributed by atoms with Gasteiger partial charge in [0.25, 0.3) is 0 Å². The Morgan fingerprint density at radius 1 is 0.786 bits per heavy atom. The van der Waals surface area contributed by atoms with Gasteiger partial charge >= 0.3 is 18.9 Å². The van der Waals surface area contributed by atoms with Gasteiger partial charge in [-0.15, -0.1) is 0 Å². The van der Waals surface area contributed by atoms with E-state index in [1.807, 2.05) is 0 Å². The van der Waals surface area contributed by atoms with Crippen LogP contribution >= 0.6 is 0 Å². The molecule has 0 spiro atoms. The van der Waals surface area contributed by atoms with E-state index in [9.17, 15) is 4.79 Å². The van der Waals surface area contributed by atoms with E-state index in [0.29, 0.717) is 37.3 Å². The zero-order chi connectivity index (χ0) is 18.0. The van der Waals surface area contributed by atoms with Crippen molar-refractivity contribution in [2.24, 2.45) is 0 Å². The largest absolute Gasteiger partial charge is 1.00 e. The van der Waals surface area contributed by atoms with E-state index in [2.05, 4.69) is 10.6 Å². The maximum absolute atomic E-state index is 11.0. The number of hydrogen-bond donors (Lipinski definition) is 2. The molecule has 8 heteroatoms. The van der Waals surface area contributed by atoms with Crippen LogP contribution in [0.5, 0.6) is 0 Å². The van der Waals surface area contributed by atoms with Crippen molar-refractivity contribution in [3.8, 4) is 0 Å². The molecular weight excluding hydrogens is 366 g/mol. The number of hydrogen-bond acceptors (Lipinski definition) is 5. The number of amides is 1. The molecule has 2 aliphatic carbocycles. The predicted octanol–water partition coefficient (Wildman–Crippen LogP) is -1.91. The van der Waals surface area contributed by atoms with Crippen LogP contribution in [0.2, 0.25) is 0 Å². The normalized spacial score (nSPS) is 33.6. The van der Waals surface area contributed by atoms with E-state index in [0.717, 1.165) is 39.2 Å². The minimum absolute atomic E-state index is 0. The summed E-state index contributed by atoms with van der Waals surface area (Å²) >= 11 is 0. The smallest absolute Gasteiger partial charge is 1.00 e. The summed E-state index contributed by atoms with van der Waals surface area (Å²) in [5, 5.41) is 6.50. The van der Waals surface area contributed by atoms with Crippen molar-refractivity contribution in [3.63, 3.8) is 0 Å². The maximum Gasteiger partial charge on any atom is 1.00 e. The summed E-state index contributed by atoms with van der Waals surface area (Å²) in [5.41, 5.74) is 0. The van der Waals surface area contributed by atoms with Gasteiger partial charge in [0.15, 0.2) is 17.4 Å². The number of rotatable bonds is 0. The second kappa shape index (κ2) is 15.3. The number of fused-ring (bicyclic) bond motifs is 2. The Kier molecular flexibility index (Phi) is 14.4. The fourth-order valence-electron chi connectivity index (χ4n) is 4.34. The molecular formula is C20H40AlLiN2O4. The minimum atomic E-state index is 0. The minimum Gasteiger partial charge on any atom is -1.00 e. The van der Waals surface area contributed by atoms with Crippen molar-refractivity contribution in [2.75, 3.05) is 33.0 Å². The van der Waals surface area contributed by atoms with Gasteiger partial charge in [-0.3, -0.25) is 4.79 Å². The molecule has 158 valence electrons.